The Morgan fingerprint density at radius 2 is 1.71 bits per heavy atom. The van der Waals surface area contributed by atoms with Crippen LogP contribution in [0, 0.1) is 6.92 Å². The highest BCUT2D eigenvalue weighted by atomic mass is 15.1. The first-order chi connectivity index (χ1) is 10.3. The molecule has 4 rings (SSSR count). The van der Waals surface area contributed by atoms with E-state index in [1.165, 1.54) is 22.3 Å². The van der Waals surface area contributed by atoms with Gasteiger partial charge in [-0.15, -0.1) is 0 Å². The quantitative estimate of drug-likeness (QED) is 0.741. The topological polar surface area (TPSA) is 29.9 Å². The number of para-hydroxylation sites is 1. The number of hydrogen-bond acceptors (Lipinski definition) is 2. The number of hydrogen-bond donors (Lipinski definition) is 1. The molecular formula is C18H19N3. The van der Waals surface area contributed by atoms with Crippen molar-refractivity contribution in [1.29, 1.82) is 0 Å². The average Bonchev–Trinajstić information content (AvgIpc) is 2.67. The number of rotatable bonds is 1. The first-order valence-electron chi connectivity index (χ1n) is 7.60. The number of imidazole rings is 1. The van der Waals surface area contributed by atoms with E-state index >= 15 is 0 Å². The molecule has 0 atom stereocenters. The van der Waals surface area contributed by atoms with Crippen LogP contribution in [0.4, 0.5) is 0 Å². The van der Waals surface area contributed by atoms with Crippen LogP contribution in [-0.2, 0) is 12.8 Å². The Morgan fingerprint density at radius 1 is 1.00 bits per heavy atom. The van der Waals surface area contributed by atoms with Gasteiger partial charge in [0.15, 0.2) is 0 Å². The molecule has 0 radical (unpaired) electrons. The zero-order chi connectivity index (χ0) is 14.2. The van der Waals surface area contributed by atoms with Crippen LogP contribution in [-0.4, -0.2) is 22.6 Å². The van der Waals surface area contributed by atoms with Crippen LogP contribution >= 0.6 is 0 Å². The van der Waals surface area contributed by atoms with Crippen molar-refractivity contribution in [3.63, 3.8) is 0 Å². The van der Waals surface area contributed by atoms with Crippen molar-refractivity contribution in [2.45, 2.75) is 19.8 Å². The fraction of sp³-hybridized carbons (Fsp3) is 0.278. The van der Waals surface area contributed by atoms with Gasteiger partial charge in [0.2, 0.25) is 0 Å². The van der Waals surface area contributed by atoms with Crippen molar-refractivity contribution in [3.05, 3.63) is 59.4 Å². The Balaban J connectivity index is 1.96. The molecule has 106 valence electrons. The summed E-state index contributed by atoms with van der Waals surface area (Å²) in [4.78, 5) is 4.77. The highest BCUT2D eigenvalue weighted by Gasteiger charge is 2.14. The van der Waals surface area contributed by atoms with Gasteiger partial charge in [0.1, 0.15) is 5.82 Å². The largest absolute Gasteiger partial charge is 0.316 e. The molecule has 1 aliphatic rings. The van der Waals surface area contributed by atoms with E-state index in [4.69, 9.17) is 4.98 Å². The van der Waals surface area contributed by atoms with E-state index in [2.05, 4.69) is 59.3 Å². The third-order valence-electron chi connectivity index (χ3n) is 4.30. The lowest BCUT2D eigenvalue weighted by Gasteiger charge is -2.09. The summed E-state index contributed by atoms with van der Waals surface area (Å²) < 4.78 is 2.26. The molecule has 1 aromatic heterocycles. The molecule has 0 saturated carbocycles. The van der Waals surface area contributed by atoms with E-state index in [1.807, 2.05) is 0 Å². The summed E-state index contributed by atoms with van der Waals surface area (Å²) in [5.41, 5.74) is 6.43. The lowest BCUT2D eigenvalue weighted by atomic mass is 10.0. The monoisotopic (exact) mass is 277 g/mol. The molecule has 1 N–H and O–H groups in total. The number of aromatic nitrogens is 2. The number of aryl methyl sites for hydroxylation is 1. The van der Waals surface area contributed by atoms with Gasteiger partial charge in [0, 0.05) is 5.69 Å². The maximum absolute atomic E-state index is 4.77. The van der Waals surface area contributed by atoms with Gasteiger partial charge in [-0.1, -0.05) is 18.2 Å². The minimum Gasteiger partial charge on any atom is -0.316 e. The molecule has 0 aliphatic carbocycles. The van der Waals surface area contributed by atoms with E-state index in [0.29, 0.717) is 0 Å². The van der Waals surface area contributed by atoms with E-state index in [9.17, 15) is 0 Å². The number of nitrogens with one attached hydrogen (secondary N) is 1. The minimum atomic E-state index is 1.05. The number of fused-ring (bicyclic) bond motifs is 2. The lowest BCUT2D eigenvalue weighted by molar-refractivity contribution is 0.711. The maximum Gasteiger partial charge on any atom is 0.111 e. The molecule has 1 aliphatic heterocycles. The average molecular weight is 277 g/mol. The standard InChI is InChI=1S/C18H19N3/c1-13-20-17-11-14-7-9-19-10-8-15(14)12-18(17)21(13)16-5-3-2-4-6-16/h2-6,11-12,19H,7-10H2,1H3. The van der Waals surface area contributed by atoms with Crippen molar-refractivity contribution in [3.8, 4) is 5.69 Å². The summed E-state index contributed by atoms with van der Waals surface area (Å²) in [6.45, 7) is 4.22. The van der Waals surface area contributed by atoms with Crippen LogP contribution in [0.25, 0.3) is 16.7 Å². The third-order valence-corrected chi connectivity index (χ3v) is 4.30. The molecule has 0 spiro atoms. The van der Waals surface area contributed by atoms with E-state index in [1.54, 1.807) is 0 Å². The highest BCUT2D eigenvalue weighted by molar-refractivity contribution is 5.80. The predicted octanol–water partition coefficient (Wildman–Crippen LogP) is 3.02. The number of benzene rings is 2. The predicted molar refractivity (Wildman–Crippen MR) is 86.1 cm³/mol. The van der Waals surface area contributed by atoms with E-state index in [-0.39, 0.29) is 0 Å². The molecule has 3 heteroatoms. The summed E-state index contributed by atoms with van der Waals surface area (Å²) in [7, 11) is 0. The van der Waals surface area contributed by atoms with Crippen LogP contribution in [0.3, 0.4) is 0 Å². The summed E-state index contributed by atoms with van der Waals surface area (Å²) in [6, 6.07) is 15.1. The Hall–Kier alpha value is -2.13. The molecule has 0 amide bonds. The fourth-order valence-electron chi connectivity index (χ4n) is 3.27. The molecule has 0 saturated heterocycles. The number of nitrogens with zero attached hydrogens (tertiary/aromatic N) is 2. The second-order valence-electron chi connectivity index (χ2n) is 5.69. The van der Waals surface area contributed by atoms with Gasteiger partial charge in [0.25, 0.3) is 0 Å². The van der Waals surface area contributed by atoms with Crippen LogP contribution in [0.15, 0.2) is 42.5 Å². The van der Waals surface area contributed by atoms with Gasteiger partial charge in [-0.05, 0) is 68.2 Å². The van der Waals surface area contributed by atoms with Gasteiger partial charge in [-0.2, -0.15) is 0 Å². The van der Waals surface area contributed by atoms with Crippen LogP contribution < -0.4 is 5.32 Å². The summed E-state index contributed by atoms with van der Waals surface area (Å²) >= 11 is 0. The zero-order valence-corrected chi connectivity index (χ0v) is 12.3. The molecule has 21 heavy (non-hydrogen) atoms. The molecule has 0 fully saturated rings. The van der Waals surface area contributed by atoms with E-state index in [0.717, 1.165) is 37.3 Å². The fourth-order valence-corrected chi connectivity index (χ4v) is 3.27. The first kappa shape index (κ1) is 12.6. The highest BCUT2D eigenvalue weighted by Crippen LogP contribution is 2.26. The molecule has 0 unspecified atom stereocenters. The van der Waals surface area contributed by atoms with Crippen LogP contribution in [0.2, 0.25) is 0 Å². The smallest absolute Gasteiger partial charge is 0.111 e. The van der Waals surface area contributed by atoms with Gasteiger partial charge in [-0.25, -0.2) is 4.98 Å². The van der Waals surface area contributed by atoms with Crippen LogP contribution in [0.1, 0.15) is 17.0 Å². The maximum atomic E-state index is 4.77. The second-order valence-corrected chi connectivity index (χ2v) is 5.69. The lowest BCUT2D eigenvalue weighted by Crippen LogP contribution is -2.16. The van der Waals surface area contributed by atoms with Gasteiger partial charge in [0.05, 0.1) is 11.0 Å². The van der Waals surface area contributed by atoms with E-state index < -0.39 is 0 Å². The Kier molecular flexibility index (Phi) is 3.00. The normalized spacial score (nSPS) is 14.9. The summed E-state index contributed by atoms with van der Waals surface area (Å²) in [5.74, 6) is 1.05. The van der Waals surface area contributed by atoms with Crippen molar-refractivity contribution in [1.82, 2.24) is 14.9 Å². The SMILES string of the molecule is Cc1nc2cc3c(cc2n1-c1ccccc1)CCNCC3. The Labute approximate surface area is 124 Å². The van der Waals surface area contributed by atoms with Gasteiger partial charge >= 0.3 is 0 Å². The van der Waals surface area contributed by atoms with Gasteiger partial charge in [-0.3, -0.25) is 4.57 Å². The summed E-state index contributed by atoms with van der Waals surface area (Å²) in [5, 5.41) is 3.47. The first-order valence-corrected chi connectivity index (χ1v) is 7.60. The molecule has 2 aromatic carbocycles. The van der Waals surface area contributed by atoms with Crippen LogP contribution in [0.5, 0.6) is 0 Å². The molecule has 0 bridgehead atoms. The molecule has 2 heterocycles. The minimum absolute atomic E-state index is 1.05. The third kappa shape index (κ3) is 2.14. The van der Waals surface area contributed by atoms with Crippen molar-refractivity contribution < 1.29 is 0 Å². The molecule has 3 nitrogen and oxygen atoms in total. The Bertz CT molecular complexity index is 787. The Morgan fingerprint density at radius 3 is 2.48 bits per heavy atom. The van der Waals surface area contributed by atoms with Crippen molar-refractivity contribution >= 4 is 11.0 Å². The summed E-state index contributed by atoms with van der Waals surface area (Å²) in [6.07, 6.45) is 2.20. The zero-order valence-electron chi connectivity index (χ0n) is 12.3. The second kappa shape index (κ2) is 5.01. The molecule has 3 aromatic rings. The molecular weight excluding hydrogens is 258 g/mol. The van der Waals surface area contributed by atoms with Crippen molar-refractivity contribution in [2.24, 2.45) is 0 Å². The van der Waals surface area contributed by atoms with Gasteiger partial charge < -0.3 is 5.32 Å². The van der Waals surface area contributed by atoms with Crippen molar-refractivity contribution in [2.75, 3.05) is 13.1 Å².